The maximum Gasteiger partial charge on any atom is 0.254 e. The normalized spacial score (nSPS) is 10.7. The minimum Gasteiger partial charge on any atom is -0.333 e. The summed E-state index contributed by atoms with van der Waals surface area (Å²) in [4.78, 5) is 17.1. The second-order valence-corrected chi connectivity index (χ2v) is 6.86. The highest BCUT2D eigenvalue weighted by molar-refractivity contribution is 5.95. The average molecular weight is 357 g/mol. The van der Waals surface area contributed by atoms with Gasteiger partial charge in [-0.2, -0.15) is 5.26 Å². The van der Waals surface area contributed by atoms with E-state index in [1.165, 1.54) is 5.39 Å². The molecule has 27 heavy (non-hydrogen) atoms. The Morgan fingerprint density at radius 3 is 2.48 bits per heavy atom. The summed E-state index contributed by atoms with van der Waals surface area (Å²) in [6.45, 7) is 1.92. The number of hydrogen-bond acceptors (Lipinski definition) is 3. The van der Waals surface area contributed by atoms with Gasteiger partial charge < -0.3 is 9.80 Å². The summed E-state index contributed by atoms with van der Waals surface area (Å²) < 4.78 is 0. The first-order valence-corrected chi connectivity index (χ1v) is 8.99. The van der Waals surface area contributed by atoms with E-state index >= 15 is 0 Å². The Morgan fingerprint density at radius 2 is 1.70 bits per heavy atom. The van der Waals surface area contributed by atoms with E-state index in [1.807, 2.05) is 37.2 Å². The number of nitrogens with zero attached hydrogens (tertiary/aromatic N) is 3. The predicted octanol–water partition coefficient (Wildman–Crippen LogP) is 3.92. The number of hydrogen-bond donors (Lipinski definition) is 0. The highest BCUT2D eigenvalue weighted by atomic mass is 16.2. The maximum absolute atomic E-state index is 13.2. The third kappa shape index (κ3) is 4.52. The van der Waals surface area contributed by atoms with Crippen LogP contribution in [0.15, 0.2) is 66.7 Å². The zero-order valence-corrected chi connectivity index (χ0v) is 15.7. The molecule has 3 rings (SSSR count). The minimum atomic E-state index is -0.0538. The zero-order valence-electron chi connectivity index (χ0n) is 15.7. The van der Waals surface area contributed by atoms with E-state index < -0.39 is 0 Å². The van der Waals surface area contributed by atoms with Crippen LogP contribution in [-0.4, -0.2) is 42.9 Å². The molecule has 0 fully saturated rings. The van der Waals surface area contributed by atoms with Crippen molar-refractivity contribution in [2.24, 2.45) is 0 Å². The van der Waals surface area contributed by atoms with E-state index in [-0.39, 0.29) is 5.91 Å². The van der Waals surface area contributed by atoms with Crippen molar-refractivity contribution in [1.29, 1.82) is 5.26 Å². The van der Waals surface area contributed by atoms with Crippen molar-refractivity contribution in [3.63, 3.8) is 0 Å². The van der Waals surface area contributed by atoms with Crippen LogP contribution in [0.3, 0.4) is 0 Å². The molecule has 0 aliphatic heterocycles. The molecule has 1 amide bonds. The molecule has 4 nitrogen and oxygen atoms in total. The molecule has 0 unspecified atom stereocenters. The molecule has 0 aliphatic carbocycles. The molecule has 4 heteroatoms. The van der Waals surface area contributed by atoms with Crippen molar-refractivity contribution >= 4 is 16.7 Å². The lowest BCUT2D eigenvalue weighted by Gasteiger charge is -2.25. The van der Waals surface area contributed by atoms with Gasteiger partial charge in [-0.3, -0.25) is 4.79 Å². The summed E-state index contributed by atoms with van der Waals surface area (Å²) in [5.41, 5.74) is 2.17. The lowest BCUT2D eigenvalue weighted by Crippen LogP contribution is -2.36. The van der Waals surface area contributed by atoms with E-state index in [2.05, 4.69) is 35.2 Å². The average Bonchev–Trinajstić information content (AvgIpc) is 2.70. The third-order valence-electron chi connectivity index (χ3n) is 4.58. The molecule has 0 radical (unpaired) electrons. The molecule has 136 valence electrons. The zero-order chi connectivity index (χ0) is 19.2. The van der Waals surface area contributed by atoms with Gasteiger partial charge in [0.1, 0.15) is 0 Å². The molecule has 0 atom stereocenters. The van der Waals surface area contributed by atoms with Crippen molar-refractivity contribution in [1.82, 2.24) is 9.80 Å². The molecule has 0 aliphatic rings. The number of carbonyl (C=O) groups excluding carboxylic acids is 1. The van der Waals surface area contributed by atoms with Gasteiger partial charge in [0.2, 0.25) is 0 Å². The number of amides is 1. The van der Waals surface area contributed by atoms with Crippen LogP contribution in [0.4, 0.5) is 0 Å². The number of benzene rings is 3. The Morgan fingerprint density at radius 1 is 0.963 bits per heavy atom. The van der Waals surface area contributed by atoms with Gasteiger partial charge >= 0.3 is 0 Å². The molecular weight excluding hydrogens is 334 g/mol. The molecule has 0 spiro atoms. The summed E-state index contributed by atoms with van der Waals surface area (Å²) in [6, 6.07) is 23.4. The number of likely N-dealkylation sites (N-methyl/N-ethyl adjacent to an activating group) is 1. The first kappa shape index (κ1) is 18.6. The lowest BCUT2D eigenvalue weighted by atomic mass is 10.0. The molecule has 0 aromatic heterocycles. The van der Waals surface area contributed by atoms with Crippen molar-refractivity contribution < 1.29 is 4.79 Å². The van der Waals surface area contributed by atoms with Crippen LogP contribution < -0.4 is 0 Å². The second kappa shape index (κ2) is 8.48. The van der Waals surface area contributed by atoms with Crippen LogP contribution in [0.25, 0.3) is 10.8 Å². The summed E-state index contributed by atoms with van der Waals surface area (Å²) in [7, 11) is 3.99. The minimum absolute atomic E-state index is 0.0538. The Balaban J connectivity index is 1.93. The number of fused-ring (bicyclic) bond motifs is 1. The monoisotopic (exact) mass is 357 g/mol. The first-order chi connectivity index (χ1) is 13.1. The lowest BCUT2D eigenvalue weighted by molar-refractivity contribution is 0.0732. The van der Waals surface area contributed by atoms with E-state index in [4.69, 9.17) is 5.26 Å². The molecule has 3 aromatic rings. The van der Waals surface area contributed by atoms with Crippen LogP contribution in [0, 0.1) is 11.3 Å². The summed E-state index contributed by atoms with van der Waals surface area (Å²) in [6.07, 6.45) is 0. The Hall–Kier alpha value is -3.16. The Bertz CT molecular complexity index is 983. The Kier molecular flexibility index (Phi) is 5.85. The largest absolute Gasteiger partial charge is 0.333 e. The first-order valence-electron chi connectivity index (χ1n) is 8.99. The number of nitriles is 1. The molecular formula is C23H23N3O. The molecule has 0 heterocycles. The van der Waals surface area contributed by atoms with Crippen molar-refractivity contribution in [2.45, 2.75) is 6.54 Å². The predicted molar refractivity (Wildman–Crippen MR) is 108 cm³/mol. The summed E-state index contributed by atoms with van der Waals surface area (Å²) in [5, 5.41) is 11.5. The smallest absolute Gasteiger partial charge is 0.254 e. The van der Waals surface area contributed by atoms with Gasteiger partial charge in [0.05, 0.1) is 11.6 Å². The fourth-order valence-corrected chi connectivity index (χ4v) is 3.11. The molecule has 0 saturated heterocycles. The van der Waals surface area contributed by atoms with E-state index in [9.17, 15) is 4.79 Å². The second-order valence-electron chi connectivity index (χ2n) is 6.86. The van der Waals surface area contributed by atoms with Crippen LogP contribution in [0.2, 0.25) is 0 Å². The van der Waals surface area contributed by atoms with Gasteiger partial charge in [0.15, 0.2) is 0 Å². The topological polar surface area (TPSA) is 47.3 Å². The quantitative estimate of drug-likeness (QED) is 0.672. The van der Waals surface area contributed by atoms with Crippen LogP contribution >= 0.6 is 0 Å². The molecule has 3 aromatic carbocycles. The fourth-order valence-electron chi connectivity index (χ4n) is 3.11. The molecule has 0 bridgehead atoms. The van der Waals surface area contributed by atoms with Gasteiger partial charge in [-0.1, -0.05) is 48.5 Å². The number of rotatable bonds is 6. The third-order valence-corrected chi connectivity index (χ3v) is 4.58. The highest BCUT2D eigenvalue weighted by Gasteiger charge is 2.17. The molecule has 0 N–H and O–H groups in total. The van der Waals surface area contributed by atoms with Crippen LogP contribution in [-0.2, 0) is 6.54 Å². The van der Waals surface area contributed by atoms with E-state index in [0.717, 1.165) is 17.5 Å². The van der Waals surface area contributed by atoms with Crippen molar-refractivity contribution in [3.05, 3.63) is 83.4 Å². The highest BCUT2D eigenvalue weighted by Crippen LogP contribution is 2.21. The van der Waals surface area contributed by atoms with Crippen LogP contribution in [0.1, 0.15) is 21.5 Å². The molecule has 0 saturated carbocycles. The van der Waals surface area contributed by atoms with Crippen molar-refractivity contribution in [3.8, 4) is 6.07 Å². The SMILES string of the molecule is CN(C)CCN(Cc1cccc2ccccc12)C(=O)c1cccc(C#N)c1. The van der Waals surface area contributed by atoms with Gasteiger partial charge in [-0.15, -0.1) is 0 Å². The van der Waals surface area contributed by atoms with Gasteiger partial charge in [-0.25, -0.2) is 0 Å². The van der Waals surface area contributed by atoms with Gasteiger partial charge in [0, 0.05) is 25.2 Å². The Labute approximate surface area is 160 Å². The van der Waals surface area contributed by atoms with Gasteiger partial charge in [0.25, 0.3) is 5.91 Å². The summed E-state index contributed by atoms with van der Waals surface area (Å²) >= 11 is 0. The van der Waals surface area contributed by atoms with Crippen molar-refractivity contribution in [2.75, 3.05) is 27.2 Å². The van der Waals surface area contributed by atoms with Crippen LogP contribution in [0.5, 0.6) is 0 Å². The van der Waals surface area contributed by atoms with E-state index in [1.54, 1.807) is 24.3 Å². The standard InChI is InChI=1S/C23H23N3O/c1-25(2)13-14-26(23(27)20-10-5-7-18(15-20)16-24)17-21-11-6-9-19-8-3-4-12-22(19)21/h3-12,15H,13-14,17H2,1-2H3. The fraction of sp³-hybridized carbons (Fsp3) is 0.217. The van der Waals surface area contributed by atoms with Gasteiger partial charge in [-0.05, 0) is 48.6 Å². The maximum atomic E-state index is 13.2. The summed E-state index contributed by atoms with van der Waals surface area (Å²) in [5.74, 6) is -0.0538. The number of carbonyl (C=O) groups is 1. The van der Waals surface area contributed by atoms with E-state index in [0.29, 0.717) is 24.2 Å².